The van der Waals surface area contributed by atoms with Gasteiger partial charge in [-0.2, -0.15) is 0 Å². The molecule has 1 aromatic heterocycles. The summed E-state index contributed by atoms with van der Waals surface area (Å²) in [6, 6.07) is 3.99. The molecule has 58 valence electrons. The molecule has 0 fully saturated rings. The molecule has 3 nitrogen and oxygen atoms in total. The van der Waals surface area contributed by atoms with E-state index in [4.69, 9.17) is 5.53 Å². The van der Waals surface area contributed by atoms with Gasteiger partial charge in [-0.05, 0) is 23.4 Å². The van der Waals surface area contributed by atoms with Gasteiger partial charge in [0.25, 0.3) is 0 Å². The van der Waals surface area contributed by atoms with Crippen molar-refractivity contribution in [2.45, 2.75) is 19.4 Å². The number of rotatable bonds is 3. The van der Waals surface area contributed by atoms with Crippen LogP contribution in [0.4, 0.5) is 0 Å². The van der Waals surface area contributed by atoms with Crippen LogP contribution in [0.3, 0.4) is 0 Å². The van der Waals surface area contributed by atoms with Gasteiger partial charge in [0.05, 0.1) is 6.04 Å². The molecule has 0 aliphatic rings. The second-order valence-electron chi connectivity index (χ2n) is 2.14. The van der Waals surface area contributed by atoms with Gasteiger partial charge in [-0.3, -0.25) is 0 Å². The van der Waals surface area contributed by atoms with Crippen LogP contribution in [-0.2, 0) is 0 Å². The van der Waals surface area contributed by atoms with E-state index >= 15 is 0 Å². The maximum atomic E-state index is 8.23. The lowest BCUT2D eigenvalue weighted by atomic mass is 10.2. The van der Waals surface area contributed by atoms with Crippen molar-refractivity contribution in [1.29, 1.82) is 0 Å². The fourth-order valence-corrected chi connectivity index (χ4v) is 1.73. The topological polar surface area (TPSA) is 48.8 Å². The zero-order valence-electron chi connectivity index (χ0n) is 6.27. The maximum Gasteiger partial charge on any atom is 0.0716 e. The van der Waals surface area contributed by atoms with Crippen LogP contribution in [0.25, 0.3) is 10.4 Å². The van der Waals surface area contributed by atoms with E-state index in [0.717, 1.165) is 11.3 Å². The standard InChI is InChI=1S/C7H9N3S/c1-2-6(9-10-8)7-4-3-5-11-7/h3-6H,2H2,1H3/t6-/m0/s1. The highest BCUT2D eigenvalue weighted by Crippen LogP contribution is 2.25. The largest absolute Gasteiger partial charge is 0.149 e. The summed E-state index contributed by atoms with van der Waals surface area (Å²) < 4.78 is 0. The van der Waals surface area contributed by atoms with Crippen molar-refractivity contribution in [2.24, 2.45) is 5.11 Å². The molecule has 1 atom stereocenters. The lowest BCUT2D eigenvalue weighted by molar-refractivity contribution is 0.706. The maximum absolute atomic E-state index is 8.23. The summed E-state index contributed by atoms with van der Waals surface area (Å²) in [5.74, 6) is 0. The first-order valence-corrected chi connectivity index (χ1v) is 4.34. The number of thiophene rings is 1. The Balaban J connectivity index is 2.79. The monoisotopic (exact) mass is 167 g/mol. The molecule has 1 rings (SSSR count). The smallest absolute Gasteiger partial charge is 0.0716 e. The molecule has 0 N–H and O–H groups in total. The number of hydrogen-bond acceptors (Lipinski definition) is 2. The minimum absolute atomic E-state index is 0.0278. The predicted octanol–water partition coefficient (Wildman–Crippen LogP) is 3.51. The third kappa shape index (κ3) is 1.97. The van der Waals surface area contributed by atoms with E-state index in [9.17, 15) is 0 Å². The molecule has 0 unspecified atom stereocenters. The predicted molar refractivity (Wildman–Crippen MR) is 46.5 cm³/mol. The van der Waals surface area contributed by atoms with Crippen LogP contribution in [-0.4, -0.2) is 0 Å². The van der Waals surface area contributed by atoms with Crippen LogP contribution in [0.5, 0.6) is 0 Å². The average Bonchev–Trinajstić information content (AvgIpc) is 2.52. The molecule has 0 bridgehead atoms. The van der Waals surface area contributed by atoms with Gasteiger partial charge in [0.2, 0.25) is 0 Å². The van der Waals surface area contributed by atoms with E-state index in [0.29, 0.717) is 0 Å². The Morgan fingerprint density at radius 1 is 1.82 bits per heavy atom. The second-order valence-corrected chi connectivity index (χ2v) is 3.12. The molecule has 0 aromatic carbocycles. The van der Waals surface area contributed by atoms with E-state index in [2.05, 4.69) is 10.0 Å². The van der Waals surface area contributed by atoms with Gasteiger partial charge < -0.3 is 0 Å². The summed E-state index contributed by atoms with van der Waals surface area (Å²) in [6.45, 7) is 2.01. The normalized spacial score (nSPS) is 12.1. The van der Waals surface area contributed by atoms with Crippen molar-refractivity contribution in [3.63, 3.8) is 0 Å². The zero-order valence-corrected chi connectivity index (χ0v) is 7.08. The highest BCUT2D eigenvalue weighted by atomic mass is 32.1. The van der Waals surface area contributed by atoms with Crippen LogP contribution < -0.4 is 0 Å². The van der Waals surface area contributed by atoms with Crippen molar-refractivity contribution < 1.29 is 0 Å². The second kappa shape index (κ2) is 4.01. The first-order valence-electron chi connectivity index (χ1n) is 3.46. The summed E-state index contributed by atoms with van der Waals surface area (Å²) in [6.07, 6.45) is 0.866. The Hall–Kier alpha value is -0.990. The summed E-state index contributed by atoms with van der Waals surface area (Å²) >= 11 is 1.63. The summed E-state index contributed by atoms with van der Waals surface area (Å²) in [7, 11) is 0. The molecule has 4 heteroatoms. The number of azide groups is 1. The van der Waals surface area contributed by atoms with E-state index in [1.54, 1.807) is 11.3 Å². The van der Waals surface area contributed by atoms with E-state index in [1.807, 2.05) is 24.4 Å². The lowest BCUT2D eigenvalue weighted by Crippen LogP contribution is -1.86. The molecule has 0 saturated heterocycles. The Labute approximate surface area is 69.3 Å². The SMILES string of the molecule is CC[C@H](N=[N+]=[N-])c1cccs1. The molecule has 11 heavy (non-hydrogen) atoms. The lowest BCUT2D eigenvalue weighted by Gasteiger charge is -2.02. The first-order chi connectivity index (χ1) is 5.38. The van der Waals surface area contributed by atoms with Crippen molar-refractivity contribution in [1.82, 2.24) is 0 Å². The first kappa shape index (κ1) is 8.11. The number of hydrogen-bond donors (Lipinski definition) is 0. The molecule has 0 spiro atoms. The Morgan fingerprint density at radius 2 is 2.64 bits per heavy atom. The van der Waals surface area contributed by atoms with Crippen LogP contribution in [0.15, 0.2) is 22.6 Å². The number of nitrogens with zero attached hydrogens (tertiary/aromatic N) is 3. The fourth-order valence-electron chi connectivity index (χ4n) is 0.883. The molecule has 0 aliphatic carbocycles. The Morgan fingerprint density at radius 3 is 3.09 bits per heavy atom. The third-order valence-corrected chi connectivity index (χ3v) is 2.42. The fraction of sp³-hybridized carbons (Fsp3) is 0.429. The summed E-state index contributed by atoms with van der Waals surface area (Å²) in [4.78, 5) is 3.94. The Kier molecular flexibility index (Phi) is 2.95. The highest BCUT2D eigenvalue weighted by molar-refractivity contribution is 7.10. The van der Waals surface area contributed by atoms with Gasteiger partial charge >= 0.3 is 0 Å². The van der Waals surface area contributed by atoms with Crippen molar-refractivity contribution in [2.75, 3.05) is 0 Å². The average molecular weight is 167 g/mol. The summed E-state index contributed by atoms with van der Waals surface area (Å²) in [5, 5.41) is 5.67. The quantitative estimate of drug-likeness (QED) is 0.376. The molecular formula is C7H9N3S. The van der Waals surface area contributed by atoms with Gasteiger partial charge in [-0.25, -0.2) is 0 Å². The molecule has 1 heterocycles. The summed E-state index contributed by atoms with van der Waals surface area (Å²) in [5.41, 5.74) is 8.23. The minimum Gasteiger partial charge on any atom is -0.149 e. The van der Waals surface area contributed by atoms with Gasteiger partial charge in [0, 0.05) is 9.79 Å². The van der Waals surface area contributed by atoms with Gasteiger partial charge in [0.1, 0.15) is 0 Å². The van der Waals surface area contributed by atoms with Crippen molar-refractivity contribution in [3.8, 4) is 0 Å². The van der Waals surface area contributed by atoms with Gasteiger partial charge in [0.15, 0.2) is 0 Å². The highest BCUT2D eigenvalue weighted by Gasteiger charge is 2.06. The molecule has 0 radical (unpaired) electrons. The van der Waals surface area contributed by atoms with Crippen LogP contribution in [0.2, 0.25) is 0 Å². The van der Waals surface area contributed by atoms with E-state index in [1.165, 1.54) is 0 Å². The van der Waals surface area contributed by atoms with Crippen molar-refractivity contribution >= 4 is 11.3 Å². The van der Waals surface area contributed by atoms with Gasteiger partial charge in [-0.15, -0.1) is 11.3 Å². The van der Waals surface area contributed by atoms with Crippen LogP contribution >= 0.6 is 11.3 Å². The van der Waals surface area contributed by atoms with Crippen LogP contribution in [0.1, 0.15) is 24.3 Å². The Bertz CT molecular complexity index is 249. The molecule has 0 aliphatic heterocycles. The van der Waals surface area contributed by atoms with Crippen LogP contribution in [0, 0.1) is 0 Å². The molecule has 0 saturated carbocycles. The van der Waals surface area contributed by atoms with E-state index in [-0.39, 0.29) is 6.04 Å². The zero-order chi connectivity index (χ0) is 8.10. The van der Waals surface area contributed by atoms with Gasteiger partial charge in [-0.1, -0.05) is 18.1 Å². The van der Waals surface area contributed by atoms with E-state index < -0.39 is 0 Å². The molecular weight excluding hydrogens is 158 g/mol. The third-order valence-electron chi connectivity index (χ3n) is 1.45. The molecule has 0 amide bonds. The minimum atomic E-state index is 0.0278. The molecule has 1 aromatic rings. The van der Waals surface area contributed by atoms with Crippen molar-refractivity contribution in [3.05, 3.63) is 32.8 Å².